The van der Waals surface area contributed by atoms with E-state index in [1.54, 1.807) is 0 Å². The number of aliphatic imine (C=N–C) groups is 2. The summed E-state index contributed by atoms with van der Waals surface area (Å²) in [6.07, 6.45) is 0. The fourth-order valence-electron chi connectivity index (χ4n) is 10.2. The van der Waals surface area contributed by atoms with Crippen molar-refractivity contribution >= 4 is 48.8 Å². The van der Waals surface area contributed by atoms with E-state index in [9.17, 15) is 0 Å². The lowest BCUT2D eigenvalue weighted by molar-refractivity contribution is 0.794. The summed E-state index contributed by atoms with van der Waals surface area (Å²) in [5.41, 5.74) is 19.5. The van der Waals surface area contributed by atoms with Gasteiger partial charge in [0.25, 0.3) is 0 Å². The Balaban J connectivity index is 0.895. The summed E-state index contributed by atoms with van der Waals surface area (Å²) in [6, 6.07) is 76.8. The minimum atomic E-state index is -0.344. The number of rotatable bonds is 6. The van der Waals surface area contributed by atoms with Crippen LogP contribution in [0.25, 0.3) is 70.4 Å². The summed E-state index contributed by atoms with van der Waals surface area (Å²) in [5.74, 6) is 0.623. The molecule has 0 saturated heterocycles. The number of fused-ring (bicyclic) bond motifs is 13. The van der Waals surface area contributed by atoms with Crippen molar-refractivity contribution in [1.29, 1.82) is 0 Å². The minimum absolute atomic E-state index is 0.344. The molecule has 9 aromatic carbocycles. The molecule has 0 fully saturated rings. The van der Waals surface area contributed by atoms with E-state index in [2.05, 4.69) is 201 Å². The fraction of sp³-hybridized carbons (Fsp3) is 0.0333. The molecule has 0 bridgehead atoms. The van der Waals surface area contributed by atoms with E-state index in [0.29, 0.717) is 11.5 Å². The average molecular weight is 821 g/mol. The third-order valence-corrected chi connectivity index (χ3v) is 14.2. The summed E-state index contributed by atoms with van der Waals surface area (Å²) < 4.78 is 2.60. The van der Waals surface area contributed by atoms with E-state index in [-0.39, 0.29) is 5.41 Å². The molecule has 0 N–H and O–H groups in total. The first-order valence-corrected chi connectivity index (χ1v) is 22.3. The highest BCUT2D eigenvalue weighted by molar-refractivity contribution is 7.25. The van der Waals surface area contributed by atoms with Crippen LogP contribution >= 0.6 is 11.3 Å². The monoisotopic (exact) mass is 820 g/mol. The van der Waals surface area contributed by atoms with Gasteiger partial charge in [-0.3, -0.25) is 0 Å². The minimum Gasteiger partial charge on any atom is -0.233 e. The van der Waals surface area contributed by atoms with E-state index < -0.39 is 0 Å². The van der Waals surface area contributed by atoms with Gasteiger partial charge in [-0.2, -0.15) is 0 Å². The first-order chi connectivity index (χ1) is 31.1. The standard InChI is InChI=1S/C60H40N2S/c1-38(40-15-4-3-5-16-40)61-59(44-33-31-43(32-34-44)46-21-14-26-57-58(46)50-20-9-13-25-56(50)63-57)62-39(2)41-27-29-42(30-28-41)45-35-36-55-51(37-45)49-19-8-12-24-54(49)60(55)52-22-10-6-17-47(52)48-18-7-11-23-53(48)60/h3-37H,2H2,1H3. The maximum atomic E-state index is 5.16. The van der Waals surface area contributed by atoms with Gasteiger partial charge >= 0.3 is 0 Å². The quantitative estimate of drug-likeness (QED) is 0.118. The van der Waals surface area contributed by atoms with Gasteiger partial charge in [0.1, 0.15) is 0 Å². The molecule has 0 amide bonds. The van der Waals surface area contributed by atoms with Gasteiger partial charge in [0.05, 0.1) is 11.1 Å². The summed E-state index contributed by atoms with van der Waals surface area (Å²) in [5, 5.41) is 2.59. The number of hydrogen-bond donors (Lipinski definition) is 0. The Hall–Kier alpha value is -7.72. The Labute approximate surface area is 371 Å². The van der Waals surface area contributed by atoms with Crippen LogP contribution in [0.5, 0.6) is 0 Å². The molecule has 3 heteroatoms. The Kier molecular flexibility index (Phi) is 8.67. The van der Waals surface area contributed by atoms with Crippen LogP contribution in [0.1, 0.15) is 45.9 Å². The van der Waals surface area contributed by atoms with Gasteiger partial charge in [0.2, 0.25) is 0 Å². The zero-order valence-electron chi connectivity index (χ0n) is 34.7. The number of benzene rings is 9. The van der Waals surface area contributed by atoms with Crippen molar-refractivity contribution in [2.75, 3.05) is 0 Å². The summed E-state index contributed by atoms with van der Waals surface area (Å²) in [4.78, 5) is 10.3. The molecule has 1 aromatic heterocycles. The van der Waals surface area contributed by atoms with Crippen LogP contribution in [0, 0.1) is 0 Å². The van der Waals surface area contributed by atoms with Crippen LogP contribution in [-0.4, -0.2) is 11.5 Å². The Bertz CT molecular complexity index is 3470. The zero-order valence-corrected chi connectivity index (χ0v) is 35.5. The first-order valence-electron chi connectivity index (χ1n) is 21.5. The maximum absolute atomic E-state index is 5.16. The molecule has 1 spiro atoms. The highest BCUT2D eigenvalue weighted by Crippen LogP contribution is 2.63. The molecular formula is C60H40N2S. The molecule has 0 unspecified atom stereocenters. The Morgan fingerprint density at radius 3 is 1.63 bits per heavy atom. The van der Waals surface area contributed by atoms with Crippen LogP contribution in [0.3, 0.4) is 0 Å². The van der Waals surface area contributed by atoms with E-state index in [1.165, 1.54) is 75.8 Å². The Morgan fingerprint density at radius 1 is 0.413 bits per heavy atom. The summed E-state index contributed by atoms with van der Waals surface area (Å²) >= 11 is 1.84. The van der Waals surface area contributed by atoms with Crippen molar-refractivity contribution in [3.05, 3.63) is 258 Å². The summed E-state index contributed by atoms with van der Waals surface area (Å²) in [6.45, 7) is 6.53. The van der Waals surface area contributed by atoms with Gasteiger partial charge < -0.3 is 0 Å². The Morgan fingerprint density at radius 2 is 0.937 bits per heavy atom. The molecule has 2 aliphatic carbocycles. The molecule has 12 rings (SSSR count). The number of amidine groups is 1. The second kappa shape index (κ2) is 14.7. The van der Waals surface area contributed by atoms with Crippen molar-refractivity contribution in [2.45, 2.75) is 12.3 Å². The molecular weight excluding hydrogens is 781 g/mol. The van der Waals surface area contributed by atoms with Gasteiger partial charge in [0, 0.05) is 31.4 Å². The molecule has 1 heterocycles. The SMILES string of the molecule is C=C(N=C(N=C(C)c1ccccc1)c1ccc(-c2cccc3sc4ccccc4c23)cc1)c1ccc(-c2ccc3c(c2)-c2ccccc2C32c3ccccc3-c3ccccc32)cc1. The van der Waals surface area contributed by atoms with Crippen LogP contribution in [0.4, 0.5) is 0 Å². The zero-order chi connectivity index (χ0) is 42.1. The molecule has 2 aliphatic rings. The topological polar surface area (TPSA) is 24.7 Å². The molecule has 0 aliphatic heterocycles. The van der Waals surface area contributed by atoms with Crippen LogP contribution in [0.2, 0.25) is 0 Å². The third kappa shape index (κ3) is 5.85. The van der Waals surface area contributed by atoms with Crippen molar-refractivity contribution in [3.8, 4) is 44.5 Å². The van der Waals surface area contributed by atoms with Crippen molar-refractivity contribution in [3.63, 3.8) is 0 Å². The average Bonchev–Trinajstić information content (AvgIpc) is 3.98. The second-order valence-corrected chi connectivity index (χ2v) is 17.6. The summed E-state index contributed by atoms with van der Waals surface area (Å²) in [7, 11) is 0. The molecule has 0 atom stereocenters. The third-order valence-electron chi connectivity index (χ3n) is 13.1. The lowest BCUT2D eigenvalue weighted by Crippen LogP contribution is -2.25. The molecule has 63 heavy (non-hydrogen) atoms. The van der Waals surface area contributed by atoms with Crippen LogP contribution in [-0.2, 0) is 5.41 Å². The predicted molar refractivity (Wildman–Crippen MR) is 267 cm³/mol. The van der Waals surface area contributed by atoms with Crippen LogP contribution < -0.4 is 0 Å². The number of hydrogen-bond acceptors (Lipinski definition) is 2. The van der Waals surface area contributed by atoms with Gasteiger partial charge in [-0.1, -0.05) is 201 Å². The smallest absolute Gasteiger partial charge is 0.160 e. The van der Waals surface area contributed by atoms with E-state index in [4.69, 9.17) is 9.98 Å². The second-order valence-electron chi connectivity index (χ2n) is 16.5. The molecule has 10 aromatic rings. The maximum Gasteiger partial charge on any atom is 0.160 e. The van der Waals surface area contributed by atoms with E-state index >= 15 is 0 Å². The molecule has 2 nitrogen and oxygen atoms in total. The molecule has 0 radical (unpaired) electrons. The van der Waals surface area contributed by atoms with Gasteiger partial charge in [-0.15, -0.1) is 11.3 Å². The van der Waals surface area contributed by atoms with Crippen molar-refractivity contribution < 1.29 is 0 Å². The van der Waals surface area contributed by atoms with E-state index in [0.717, 1.165) is 33.5 Å². The molecule has 296 valence electrons. The number of nitrogens with zero attached hydrogens (tertiary/aromatic N) is 2. The van der Waals surface area contributed by atoms with E-state index in [1.807, 2.05) is 36.5 Å². The van der Waals surface area contributed by atoms with Crippen molar-refractivity contribution in [1.82, 2.24) is 0 Å². The van der Waals surface area contributed by atoms with Gasteiger partial charge in [-0.25, -0.2) is 9.98 Å². The highest BCUT2D eigenvalue weighted by atomic mass is 32.1. The van der Waals surface area contributed by atoms with Crippen molar-refractivity contribution in [2.24, 2.45) is 9.98 Å². The molecule has 0 saturated carbocycles. The fourth-order valence-corrected chi connectivity index (χ4v) is 11.3. The van der Waals surface area contributed by atoms with Gasteiger partial charge in [0.15, 0.2) is 5.84 Å². The lowest BCUT2D eigenvalue weighted by atomic mass is 9.70. The normalized spacial score (nSPS) is 13.5. The lowest BCUT2D eigenvalue weighted by Gasteiger charge is -2.30. The predicted octanol–water partition coefficient (Wildman–Crippen LogP) is 15.7. The first kappa shape index (κ1) is 37.1. The number of thiophene rings is 1. The largest absolute Gasteiger partial charge is 0.233 e. The van der Waals surface area contributed by atoms with Crippen LogP contribution in [0.15, 0.2) is 229 Å². The highest BCUT2D eigenvalue weighted by Gasteiger charge is 2.51. The van der Waals surface area contributed by atoms with Gasteiger partial charge in [-0.05, 0) is 103 Å².